The van der Waals surface area contributed by atoms with Crippen molar-refractivity contribution in [2.24, 2.45) is 0 Å². The van der Waals surface area contributed by atoms with Gasteiger partial charge in [-0.25, -0.2) is 13.1 Å². The first-order valence-electron chi connectivity index (χ1n) is 7.00. The van der Waals surface area contributed by atoms with Gasteiger partial charge in [0.05, 0.1) is 24.2 Å². The molecule has 1 heterocycles. The van der Waals surface area contributed by atoms with Crippen LogP contribution in [0, 0.1) is 0 Å². The number of hydrogen-bond acceptors (Lipinski definition) is 5. The lowest BCUT2D eigenvalue weighted by Gasteiger charge is -2.29. The van der Waals surface area contributed by atoms with E-state index in [-0.39, 0.29) is 17.0 Å². The van der Waals surface area contributed by atoms with Crippen molar-refractivity contribution in [3.05, 3.63) is 22.7 Å². The average Bonchev–Trinajstić information content (AvgIpc) is 2.95. The number of nitrogens with one attached hydrogen (secondary N) is 2. The minimum atomic E-state index is -3.64. The second-order valence-electron chi connectivity index (χ2n) is 5.36. The van der Waals surface area contributed by atoms with Crippen LogP contribution in [0.25, 0.3) is 0 Å². The van der Waals surface area contributed by atoms with Crippen molar-refractivity contribution in [1.29, 1.82) is 0 Å². The molecule has 22 heavy (non-hydrogen) atoms. The van der Waals surface area contributed by atoms with E-state index in [9.17, 15) is 8.42 Å². The summed E-state index contributed by atoms with van der Waals surface area (Å²) >= 11 is 3.28. The quantitative estimate of drug-likeness (QED) is 0.735. The molecule has 0 bridgehead atoms. The van der Waals surface area contributed by atoms with Gasteiger partial charge in [-0.1, -0.05) is 0 Å². The summed E-state index contributed by atoms with van der Waals surface area (Å²) in [7, 11) is -0.517. The molecule has 1 aromatic rings. The van der Waals surface area contributed by atoms with E-state index in [4.69, 9.17) is 9.47 Å². The lowest BCUT2D eigenvalue weighted by Crippen LogP contribution is -2.52. The Kier molecular flexibility index (Phi) is 5.84. The maximum absolute atomic E-state index is 12.6. The number of sulfonamides is 1. The Morgan fingerprint density at radius 2 is 2.18 bits per heavy atom. The van der Waals surface area contributed by atoms with Gasteiger partial charge in [0, 0.05) is 24.2 Å². The Bertz CT molecular complexity index is 615. The van der Waals surface area contributed by atoms with Crippen molar-refractivity contribution < 1.29 is 17.9 Å². The molecule has 0 saturated carbocycles. The van der Waals surface area contributed by atoms with Gasteiger partial charge < -0.3 is 14.8 Å². The molecule has 1 fully saturated rings. The van der Waals surface area contributed by atoms with Gasteiger partial charge in [-0.3, -0.25) is 0 Å². The molecule has 1 atom stereocenters. The highest BCUT2D eigenvalue weighted by molar-refractivity contribution is 9.10. The van der Waals surface area contributed by atoms with E-state index < -0.39 is 10.0 Å². The maximum atomic E-state index is 12.6. The molecule has 0 aliphatic carbocycles. The number of benzene rings is 1. The number of methoxy groups -OCH3 is 2. The van der Waals surface area contributed by atoms with E-state index in [0.29, 0.717) is 16.8 Å². The van der Waals surface area contributed by atoms with Gasteiger partial charge >= 0.3 is 0 Å². The number of halogens is 1. The molecule has 6 nitrogen and oxygen atoms in total. The first kappa shape index (κ1) is 17.7. The van der Waals surface area contributed by atoms with Crippen LogP contribution >= 0.6 is 15.9 Å². The molecule has 1 unspecified atom stereocenters. The van der Waals surface area contributed by atoms with Crippen molar-refractivity contribution in [3.8, 4) is 5.75 Å². The second-order valence-corrected chi connectivity index (χ2v) is 7.95. The van der Waals surface area contributed by atoms with Crippen LogP contribution in [-0.2, 0) is 14.8 Å². The molecule has 8 heteroatoms. The van der Waals surface area contributed by atoms with E-state index in [2.05, 4.69) is 26.0 Å². The first-order valence-corrected chi connectivity index (χ1v) is 9.27. The van der Waals surface area contributed by atoms with Gasteiger partial charge in [0.1, 0.15) is 5.75 Å². The van der Waals surface area contributed by atoms with Crippen LogP contribution in [0.2, 0.25) is 0 Å². The Labute approximate surface area is 139 Å². The summed E-state index contributed by atoms with van der Waals surface area (Å²) in [5, 5.41) is 3.34. The third kappa shape index (κ3) is 3.99. The third-order valence-electron chi connectivity index (χ3n) is 3.78. The molecule has 1 aliphatic heterocycles. The van der Waals surface area contributed by atoms with Gasteiger partial charge in [0.15, 0.2) is 0 Å². The van der Waals surface area contributed by atoms with Crippen LogP contribution in [0.4, 0.5) is 0 Å². The standard InChI is InChI=1S/C14H21BrN2O4S/c1-20-10-14(6-3-7-16-14)9-17-22(18,19)13-8-11(21-2)4-5-12(13)15/h4-5,8,16-17H,3,6-7,9-10H2,1-2H3. The van der Waals surface area contributed by atoms with Crippen molar-refractivity contribution >= 4 is 26.0 Å². The summed E-state index contributed by atoms with van der Waals surface area (Å²) in [6, 6.07) is 4.86. The van der Waals surface area contributed by atoms with Gasteiger partial charge in [0.25, 0.3) is 0 Å². The highest BCUT2D eigenvalue weighted by atomic mass is 79.9. The zero-order valence-corrected chi connectivity index (χ0v) is 15.1. The van der Waals surface area contributed by atoms with Gasteiger partial charge in [0.2, 0.25) is 10.0 Å². The predicted octanol–water partition coefficient (Wildman–Crippen LogP) is 1.50. The molecule has 0 spiro atoms. The molecule has 1 aromatic carbocycles. The molecular weight excluding hydrogens is 372 g/mol. The monoisotopic (exact) mass is 392 g/mol. The van der Waals surface area contributed by atoms with Crippen molar-refractivity contribution in [2.75, 3.05) is 33.9 Å². The Hall–Kier alpha value is -0.670. The van der Waals surface area contributed by atoms with Gasteiger partial charge in [-0.15, -0.1) is 0 Å². The zero-order chi connectivity index (χ0) is 16.2. The van der Waals surface area contributed by atoms with Crippen LogP contribution in [0.15, 0.2) is 27.6 Å². The topological polar surface area (TPSA) is 76.7 Å². The number of rotatable bonds is 7. The summed E-state index contributed by atoms with van der Waals surface area (Å²) in [4.78, 5) is 0.164. The molecule has 0 radical (unpaired) electrons. The van der Waals surface area contributed by atoms with E-state index >= 15 is 0 Å². The molecule has 1 aliphatic rings. The van der Waals surface area contributed by atoms with Gasteiger partial charge in [-0.2, -0.15) is 0 Å². The summed E-state index contributed by atoms with van der Waals surface area (Å²) in [5.41, 5.74) is -0.340. The van der Waals surface area contributed by atoms with E-state index in [0.717, 1.165) is 19.4 Å². The molecule has 124 valence electrons. The summed E-state index contributed by atoms with van der Waals surface area (Å²) < 4.78 is 38.6. The molecule has 0 amide bonds. The van der Waals surface area contributed by atoms with Crippen LogP contribution in [-0.4, -0.2) is 47.9 Å². The second kappa shape index (κ2) is 7.27. The smallest absolute Gasteiger partial charge is 0.241 e. The first-order chi connectivity index (χ1) is 10.4. The Balaban J connectivity index is 2.17. The van der Waals surface area contributed by atoms with Crippen molar-refractivity contribution in [3.63, 3.8) is 0 Å². The van der Waals surface area contributed by atoms with Crippen molar-refractivity contribution in [2.45, 2.75) is 23.3 Å². The summed E-state index contributed by atoms with van der Waals surface area (Å²) in [6.07, 6.45) is 1.89. The predicted molar refractivity (Wildman–Crippen MR) is 87.7 cm³/mol. The molecule has 0 aromatic heterocycles. The SMILES string of the molecule is COCC1(CNS(=O)(=O)c2cc(OC)ccc2Br)CCCN1. The lowest BCUT2D eigenvalue weighted by atomic mass is 9.99. The fourth-order valence-corrected chi connectivity index (χ4v) is 4.70. The van der Waals surface area contributed by atoms with Gasteiger partial charge in [-0.05, 0) is 47.4 Å². The highest BCUT2D eigenvalue weighted by Crippen LogP contribution is 2.27. The molecule has 2 rings (SSSR count). The van der Waals surface area contributed by atoms with E-state index in [1.807, 2.05) is 0 Å². The third-order valence-corrected chi connectivity index (χ3v) is 6.18. The lowest BCUT2D eigenvalue weighted by molar-refractivity contribution is 0.122. The van der Waals surface area contributed by atoms with Crippen molar-refractivity contribution in [1.82, 2.24) is 10.0 Å². The normalized spacial score (nSPS) is 22.0. The summed E-state index contributed by atoms with van der Waals surface area (Å²) in [5.74, 6) is 0.495. The number of hydrogen-bond donors (Lipinski definition) is 2. The van der Waals surface area contributed by atoms with Crippen LogP contribution in [0.5, 0.6) is 5.75 Å². The zero-order valence-electron chi connectivity index (χ0n) is 12.7. The molecular formula is C14H21BrN2O4S. The van der Waals surface area contributed by atoms with Crippen LogP contribution < -0.4 is 14.8 Å². The van der Waals surface area contributed by atoms with E-state index in [1.165, 1.54) is 13.2 Å². The maximum Gasteiger partial charge on any atom is 0.241 e. The summed E-state index contributed by atoms with van der Waals surface area (Å²) in [6.45, 7) is 1.62. The highest BCUT2D eigenvalue weighted by Gasteiger charge is 2.35. The Morgan fingerprint density at radius 3 is 2.77 bits per heavy atom. The van der Waals surface area contributed by atoms with E-state index in [1.54, 1.807) is 19.2 Å². The molecule has 1 saturated heterocycles. The minimum Gasteiger partial charge on any atom is -0.497 e. The fourth-order valence-electron chi connectivity index (χ4n) is 2.60. The Morgan fingerprint density at radius 1 is 1.41 bits per heavy atom. The minimum absolute atomic E-state index is 0.164. The van der Waals surface area contributed by atoms with Crippen LogP contribution in [0.1, 0.15) is 12.8 Å². The molecule has 2 N–H and O–H groups in total. The fraction of sp³-hybridized carbons (Fsp3) is 0.571. The van der Waals surface area contributed by atoms with Crippen LogP contribution in [0.3, 0.4) is 0 Å². The number of ether oxygens (including phenoxy) is 2. The average molecular weight is 393 g/mol. The largest absolute Gasteiger partial charge is 0.497 e.